The van der Waals surface area contributed by atoms with E-state index in [9.17, 15) is 0 Å². The van der Waals surface area contributed by atoms with Gasteiger partial charge >= 0.3 is 6.17 Å². The standard InChI is InChI=1S/C17H21F2N2/c1-8-10(3)15-12(5)16-11(4)9(2)14(7)21(16)17(18,19)20(15)13(8)6/h1-7H3/q+1. The van der Waals surface area contributed by atoms with Crippen molar-refractivity contribution < 1.29 is 13.4 Å². The maximum absolute atomic E-state index is 15.2. The number of hydrogen-bond acceptors (Lipinski definition) is 0. The minimum Gasteiger partial charge on any atom is -0.224 e. The van der Waals surface area contributed by atoms with E-state index in [1.807, 2.05) is 34.6 Å². The second kappa shape index (κ2) is 3.93. The number of allylic oxidation sites excluding steroid dienone is 3. The number of halogens is 2. The molecular formula is C17H21F2N2+. The van der Waals surface area contributed by atoms with E-state index in [-0.39, 0.29) is 0 Å². The summed E-state index contributed by atoms with van der Waals surface area (Å²) >= 11 is 0. The van der Waals surface area contributed by atoms with E-state index < -0.39 is 6.17 Å². The Kier molecular flexibility index (Phi) is 2.67. The van der Waals surface area contributed by atoms with E-state index in [1.165, 1.54) is 9.14 Å². The normalized spacial score (nSPS) is 20.4. The van der Waals surface area contributed by atoms with Gasteiger partial charge in [-0.25, -0.2) is 4.57 Å². The smallest absolute Gasteiger partial charge is 0.224 e. The van der Waals surface area contributed by atoms with E-state index in [2.05, 4.69) is 0 Å². The first kappa shape index (κ1) is 14.2. The SMILES string of the molecule is CC1=C(C)C(C)=[N+]2C1=C(C)c1c(C)c(C)c(C)n1C2(F)F. The molecule has 2 nitrogen and oxygen atoms in total. The molecule has 2 aliphatic rings. The van der Waals surface area contributed by atoms with Gasteiger partial charge in [-0.2, -0.15) is 0 Å². The maximum atomic E-state index is 15.2. The molecule has 0 radical (unpaired) electrons. The Morgan fingerprint density at radius 2 is 1.38 bits per heavy atom. The molecule has 3 heterocycles. The lowest BCUT2D eigenvalue weighted by molar-refractivity contribution is -0.675. The molecule has 0 spiro atoms. The summed E-state index contributed by atoms with van der Waals surface area (Å²) in [4.78, 5) is 0. The van der Waals surface area contributed by atoms with Gasteiger partial charge in [-0.3, -0.25) is 0 Å². The Balaban J connectivity index is 2.52. The highest BCUT2D eigenvalue weighted by Crippen LogP contribution is 2.46. The van der Waals surface area contributed by atoms with Crippen LogP contribution < -0.4 is 0 Å². The number of hydrogen-bond donors (Lipinski definition) is 0. The van der Waals surface area contributed by atoms with Crippen LogP contribution in [0.2, 0.25) is 0 Å². The zero-order valence-corrected chi connectivity index (χ0v) is 13.7. The first-order valence-electron chi connectivity index (χ1n) is 7.22. The van der Waals surface area contributed by atoms with Gasteiger partial charge in [0.2, 0.25) is 5.70 Å². The molecule has 0 saturated carbocycles. The highest BCUT2D eigenvalue weighted by atomic mass is 19.3. The quantitative estimate of drug-likeness (QED) is 0.491. The summed E-state index contributed by atoms with van der Waals surface area (Å²) in [5, 5.41) is 0. The highest BCUT2D eigenvalue weighted by Gasteiger charge is 2.57. The van der Waals surface area contributed by atoms with Gasteiger partial charge in [-0.1, -0.05) is 0 Å². The van der Waals surface area contributed by atoms with Crippen molar-refractivity contribution in [3.63, 3.8) is 0 Å². The van der Waals surface area contributed by atoms with Crippen molar-refractivity contribution in [1.82, 2.24) is 4.57 Å². The van der Waals surface area contributed by atoms with Crippen LogP contribution in [0.15, 0.2) is 16.8 Å². The molecular weight excluding hydrogens is 270 g/mol. The van der Waals surface area contributed by atoms with Crippen LogP contribution in [0.3, 0.4) is 0 Å². The fourth-order valence-corrected chi connectivity index (χ4v) is 3.69. The van der Waals surface area contributed by atoms with Gasteiger partial charge < -0.3 is 0 Å². The van der Waals surface area contributed by atoms with E-state index in [0.717, 1.165) is 27.8 Å². The van der Waals surface area contributed by atoms with Crippen molar-refractivity contribution in [2.45, 2.75) is 54.6 Å². The van der Waals surface area contributed by atoms with E-state index in [0.29, 0.717) is 22.8 Å². The van der Waals surface area contributed by atoms with Crippen LogP contribution in [0.1, 0.15) is 50.2 Å². The molecule has 0 unspecified atom stereocenters. The fourth-order valence-electron chi connectivity index (χ4n) is 3.69. The van der Waals surface area contributed by atoms with Gasteiger partial charge in [0, 0.05) is 29.3 Å². The molecule has 3 rings (SSSR count). The largest absolute Gasteiger partial charge is 0.565 e. The summed E-state index contributed by atoms with van der Waals surface area (Å²) in [7, 11) is 0. The summed E-state index contributed by atoms with van der Waals surface area (Å²) in [5.41, 5.74) is 7.35. The van der Waals surface area contributed by atoms with Crippen LogP contribution in [-0.4, -0.2) is 14.9 Å². The topological polar surface area (TPSA) is 7.94 Å². The predicted octanol–water partition coefficient (Wildman–Crippen LogP) is 4.49. The van der Waals surface area contributed by atoms with Crippen molar-refractivity contribution >= 4 is 11.3 Å². The Bertz CT molecular complexity index is 786. The zero-order valence-electron chi connectivity index (χ0n) is 13.7. The van der Waals surface area contributed by atoms with Gasteiger partial charge in [0.1, 0.15) is 0 Å². The van der Waals surface area contributed by atoms with E-state index >= 15 is 8.78 Å². The van der Waals surface area contributed by atoms with Crippen molar-refractivity contribution in [2.24, 2.45) is 0 Å². The molecule has 0 atom stereocenters. The second-order valence-corrected chi connectivity index (χ2v) is 6.17. The molecule has 21 heavy (non-hydrogen) atoms. The first-order chi connectivity index (χ1) is 9.62. The van der Waals surface area contributed by atoms with Crippen LogP contribution in [0, 0.1) is 20.8 Å². The van der Waals surface area contributed by atoms with Crippen LogP contribution >= 0.6 is 0 Å². The third-order valence-electron chi connectivity index (χ3n) is 5.29. The van der Waals surface area contributed by atoms with E-state index in [1.54, 1.807) is 13.8 Å². The molecule has 0 aromatic carbocycles. The summed E-state index contributed by atoms with van der Waals surface area (Å²) in [5.74, 6) is 0. The Labute approximate surface area is 124 Å². The Hall–Kier alpha value is -1.71. The third kappa shape index (κ3) is 1.43. The minimum atomic E-state index is -3.06. The molecule has 0 aliphatic carbocycles. The zero-order chi connectivity index (χ0) is 15.9. The number of fused-ring (bicyclic) bond motifs is 2. The van der Waals surface area contributed by atoms with E-state index in [4.69, 9.17) is 0 Å². The molecule has 0 N–H and O–H groups in total. The summed E-state index contributed by atoms with van der Waals surface area (Å²) in [6, 6.07) is 0. The molecule has 112 valence electrons. The average Bonchev–Trinajstić information content (AvgIpc) is 2.78. The van der Waals surface area contributed by atoms with Crippen LogP contribution in [-0.2, 0) is 6.17 Å². The van der Waals surface area contributed by atoms with Gasteiger partial charge in [0.15, 0.2) is 5.71 Å². The maximum Gasteiger partial charge on any atom is 0.565 e. The number of aromatic nitrogens is 1. The molecule has 0 amide bonds. The van der Waals surface area contributed by atoms with Crippen molar-refractivity contribution in [3.05, 3.63) is 39.4 Å². The molecule has 4 heteroatoms. The highest BCUT2D eigenvalue weighted by molar-refractivity contribution is 5.99. The van der Waals surface area contributed by atoms with Gasteiger partial charge in [-0.15, -0.1) is 13.4 Å². The van der Waals surface area contributed by atoms with Crippen molar-refractivity contribution in [2.75, 3.05) is 0 Å². The molecule has 0 fully saturated rings. The lowest BCUT2D eigenvalue weighted by atomic mass is 10.0. The van der Waals surface area contributed by atoms with Crippen LogP contribution in [0.25, 0.3) is 5.57 Å². The lowest BCUT2D eigenvalue weighted by Gasteiger charge is -2.25. The average molecular weight is 291 g/mol. The second-order valence-electron chi connectivity index (χ2n) is 6.17. The summed E-state index contributed by atoms with van der Waals surface area (Å²) in [6.45, 7) is 13.2. The molecule has 2 aliphatic heterocycles. The fraction of sp³-hybridized carbons (Fsp3) is 0.471. The first-order valence-corrected chi connectivity index (χ1v) is 7.22. The van der Waals surface area contributed by atoms with Gasteiger partial charge in [0.05, 0.1) is 5.69 Å². The minimum absolute atomic E-state index is 0.640. The number of alkyl halides is 2. The van der Waals surface area contributed by atoms with Crippen molar-refractivity contribution in [3.8, 4) is 0 Å². The molecule has 1 aromatic heterocycles. The molecule has 1 aromatic rings. The van der Waals surface area contributed by atoms with Crippen LogP contribution in [0.5, 0.6) is 0 Å². The third-order valence-corrected chi connectivity index (χ3v) is 5.29. The Morgan fingerprint density at radius 1 is 0.810 bits per heavy atom. The summed E-state index contributed by atoms with van der Waals surface area (Å²) < 4.78 is 32.8. The van der Waals surface area contributed by atoms with Gasteiger partial charge in [0.25, 0.3) is 0 Å². The van der Waals surface area contributed by atoms with Crippen LogP contribution in [0.4, 0.5) is 8.78 Å². The lowest BCUT2D eigenvalue weighted by Crippen LogP contribution is -2.42. The predicted molar refractivity (Wildman–Crippen MR) is 80.7 cm³/mol. The van der Waals surface area contributed by atoms with Gasteiger partial charge in [-0.05, 0) is 52.7 Å². The molecule has 0 saturated heterocycles. The monoisotopic (exact) mass is 291 g/mol. The number of rotatable bonds is 0. The Morgan fingerprint density at radius 3 is 1.95 bits per heavy atom. The van der Waals surface area contributed by atoms with Crippen molar-refractivity contribution in [1.29, 1.82) is 0 Å². The molecule has 0 bridgehead atoms. The number of nitrogens with zero attached hydrogens (tertiary/aromatic N) is 2. The summed E-state index contributed by atoms with van der Waals surface area (Å²) in [6.07, 6.45) is -3.06.